The summed E-state index contributed by atoms with van der Waals surface area (Å²) in [6.45, 7) is 0. The first-order valence-corrected chi connectivity index (χ1v) is 5.60. The van der Waals surface area contributed by atoms with Crippen LogP contribution in [0.4, 0.5) is 0 Å². The summed E-state index contributed by atoms with van der Waals surface area (Å²) in [4.78, 5) is 4.05. The minimum atomic E-state index is -0.700. The van der Waals surface area contributed by atoms with Gasteiger partial charge in [-0.1, -0.05) is 23.7 Å². The number of aromatic hydroxyl groups is 1. The molecule has 0 saturated carbocycles. The molecule has 2 N–H and O–H groups in total. The third kappa shape index (κ3) is 3.19. The Balaban J connectivity index is 2.11. The van der Waals surface area contributed by atoms with Crippen molar-refractivity contribution in [1.82, 2.24) is 4.98 Å². The zero-order valence-corrected chi connectivity index (χ0v) is 9.80. The van der Waals surface area contributed by atoms with Crippen molar-refractivity contribution < 1.29 is 10.2 Å². The second kappa shape index (κ2) is 5.17. The molecule has 0 spiro atoms. The molecule has 0 radical (unpaired) electrons. The fourth-order valence-electron chi connectivity index (χ4n) is 1.60. The SMILES string of the molecule is Oc1cccc(CC(O)c2ccc(Cl)cn2)c1. The highest BCUT2D eigenvalue weighted by atomic mass is 35.5. The van der Waals surface area contributed by atoms with E-state index in [2.05, 4.69) is 4.98 Å². The maximum Gasteiger partial charge on any atom is 0.115 e. The van der Waals surface area contributed by atoms with Gasteiger partial charge in [0.05, 0.1) is 16.8 Å². The first-order chi connectivity index (χ1) is 8.15. The van der Waals surface area contributed by atoms with Crippen LogP contribution in [-0.4, -0.2) is 15.2 Å². The van der Waals surface area contributed by atoms with Crippen LogP contribution in [0.25, 0.3) is 0 Å². The van der Waals surface area contributed by atoms with E-state index in [-0.39, 0.29) is 5.75 Å². The fraction of sp³-hybridized carbons (Fsp3) is 0.154. The number of benzene rings is 1. The number of rotatable bonds is 3. The van der Waals surface area contributed by atoms with Gasteiger partial charge in [-0.05, 0) is 29.8 Å². The van der Waals surface area contributed by atoms with Gasteiger partial charge >= 0.3 is 0 Å². The Kier molecular flexibility index (Phi) is 3.61. The van der Waals surface area contributed by atoms with Crippen LogP contribution in [0.5, 0.6) is 5.75 Å². The summed E-state index contributed by atoms with van der Waals surface area (Å²) in [5.41, 5.74) is 1.42. The number of nitrogens with zero attached hydrogens (tertiary/aromatic N) is 1. The average Bonchev–Trinajstić information content (AvgIpc) is 2.29. The number of phenols is 1. The zero-order valence-electron chi connectivity index (χ0n) is 9.05. The molecule has 0 saturated heterocycles. The summed E-state index contributed by atoms with van der Waals surface area (Å²) in [5.74, 6) is 0.193. The van der Waals surface area contributed by atoms with E-state index in [0.717, 1.165) is 5.56 Å². The van der Waals surface area contributed by atoms with Crippen LogP contribution in [-0.2, 0) is 6.42 Å². The average molecular weight is 250 g/mol. The minimum Gasteiger partial charge on any atom is -0.508 e. The summed E-state index contributed by atoms with van der Waals surface area (Å²) < 4.78 is 0. The Labute approximate surface area is 104 Å². The first kappa shape index (κ1) is 11.9. The summed E-state index contributed by atoms with van der Waals surface area (Å²) in [7, 11) is 0. The Morgan fingerprint density at radius 2 is 2.06 bits per heavy atom. The molecule has 1 atom stereocenters. The van der Waals surface area contributed by atoms with Gasteiger partial charge in [0.2, 0.25) is 0 Å². The van der Waals surface area contributed by atoms with Crippen molar-refractivity contribution >= 4 is 11.6 Å². The molecule has 1 heterocycles. The molecule has 17 heavy (non-hydrogen) atoms. The van der Waals surface area contributed by atoms with Crippen LogP contribution in [0, 0.1) is 0 Å². The monoisotopic (exact) mass is 249 g/mol. The molecule has 0 bridgehead atoms. The Bertz CT molecular complexity index is 499. The van der Waals surface area contributed by atoms with Crippen LogP contribution >= 0.6 is 11.6 Å². The first-order valence-electron chi connectivity index (χ1n) is 5.22. The maximum absolute atomic E-state index is 9.97. The molecule has 0 aliphatic carbocycles. The van der Waals surface area contributed by atoms with Crippen molar-refractivity contribution in [2.45, 2.75) is 12.5 Å². The van der Waals surface area contributed by atoms with Crippen molar-refractivity contribution in [2.24, 2.45) is 0 Å². The normalized spacial score (nSPS) is 12.4. The third-order valence-corrected chi connectivity index (χ3v) is 2.65. The van der Waals surface area contributed by atoms with Crippen molar-refractivity contribution in [3.05, 3.63) is 58.9 Å². The highest BCUT2D eigenvalue weighted by Crippen LogP contribution is 2.20. The van der Waals surface area contributed by atoms with Gasteiger partial charge in [-0.15, -0.1) is 0 Å². The molecular weight excluding hydrogens is 238 g/mol. The number of aromatic nitrogens is 1. The van der Waals surface area contributed by atoms with Gasteiger partial charge in [0.25, 0.3) is 0 Å². The number of pyridine rings is 1. The van der Waals surface area contributed by atoms with Crippen molar-refractivity contribution in [3.63, 3.8) is 0 Å². The van der Waals surface area contributed by atoms with E-state index in [0.29, 0.717) is 17.1 Å². The lowest BCUT2D eigenvalue weighted by atomic mass is 10.1. The summed E-state index contributed by atoms with van der Waals surface area (Å²) in [6, 6.07) is 10.2. The van der Waals surface area contributed by atoms with E-state index in [1.165, 1.54) is 6.20 Å². The predicted molar refractivity (Wildman–Crippen MR) is 66.0 cm³/mol. The van der Waals surface area contributed by atoms with Crippen molar-refractivity contribution in [3.8, 4) is 5.75 Å². The van der Waals surface area contributed by atoms with E-state index in [1.807, 2.05) is 6.07 Å². The minimum absolute atomic E-state index is 0.193. The van der Waals surface area contributed by atoms with Crippen LogP contribution < -0.4 is 0 Å². The molecule has 0 aliphatic rings. The summed E-state index contributed by atoms with van der Waals surface area (Å²) in [5, 5.41) is 19.8. The van der Waals surface area contributed by atoms with Gasteiger partial charge < -0.3 is 10.2 Å². The molecule has 0 fully saturated rings. The number of aliphatic hydroxyl groups excluding tert-OH is 1. The molecule has 4 heteroatoms. The molecule has 1 aromatic heterocycles. The van der Waals surface area contributed by atoms with Gasteiger partial charge in [-0.25, -0.2) is 0 Å². The van der Waals surface area contributed by atoms with E-state index < -0.39 is 6.10 Å². The van der Waals surface area contributed by atoms with E-state index in [4.69, 9.17) is 11.6 Å². The highest BCUT2D eigenvalue weighted by molar-refractivity contribution is 6.30. The van der Waals surface area contributed by atoms with E-state index in [1.54, 1.807) is 30.3 Å². The summed E-state index contributed by atoms with van der Waals surface area (Å²) >= 11 is 5.72. The number of halogens is 1. The fourth-order valence-corrected chi connectivity index (χ4v) is 1.71. The second-order valence-corrected chi connectivity index (χ2v) is 4.23. The van der Waals surface area contributed by atoms with Gasteiger partial charge in [0, 0.05) is 12.6 Å². The standard InChI is InChI=1S/C13H12ClNO2/c14-10-4-5-12(15-8-10)13(17)7-9-2-1-3-11(16)6-9/h1-6,8,13,16-17H,7H2. The Morgan fingerprint density at radius 1 is 1.24 bits per heavy atom. The van der Waals surface area contributed by atoms with Crippen LogP contribution in [0.2, 0.25) is 5.02 Å². The molecule has 2 aromatic rings. The zero-order chi connectivity index (χ0) is 12.3. The quantitative estimate of drug-likeness (QED) is 0.879. The Hall–Kier alpha value is -1.58. The second-order valence-electron chi connectivity index (χ2n) is 3.79. The molecule has 2 rings (SSSR count). The van der Waals surface area contributed by atoms with Crippen LogP contribution in [0.15, 0.2) is 42.6 Å². The van der Waals surface area contributed by atoms with Crippen molar-refractivity contribution in [2.75, 3.05) is 0 Å². The van der Waals surface area contributed by atoms with Crippen LogP contribution in [0.1, 0.15) is 17.4 Å². The van der Waals surface area contributed by atoms with Gasteiger partial charge in [0.1, 0.15) is 5.75 Å². The van der Waals surface area contributed by atoms with Gasteiger partial charge in [-0.2, -0.15) is 0 Å². The number of aliphatic hydroxyl groups is 1. The molecule has 3 nitrogen and oxygen atoms in total. The lowest BCUT2D eigenvalue weighted by molar-refractivity contribution is 0.173. The molecular formula is C13H12ClNO2. The number of hydrogen-bond donors (Lipinski definition) is 2. The highest BCUT2D eigenvalue weighted by Gasteiger charge is 2.10. The smallest absolute Gasteiger partial charge is 0.115 e. The molecule has 0 aliphatic heterocycles. The van der Waals surface area contributed by atoms with Gasteiger partial charge in [-0.3, -0.25) is 4.98 Å². The van der Waals surface area contributed by atoms with Gasteiger partial charge in [0.15, 0.2) is 0 Å². The maximum atomic E-state index is 9.97. The lowest BCUT2D eigenvalue weighted by Gasteiger charge is -2.10. The number of phenolic OH excluding ortho intramolecular Hbond substituents is 1. The van der Waals surface area contributed by atoms with E-state index in [9.17, 15) is 10.2 Å². The molecule has 1 aromatic carbocycles. The lowest BCUT2D eigenvalue weighted by Crippen LogP contribution is -2.03. The number of hydrogen-bond acceptors (Lipinski definition) is 3. The molecule has 1 unspecified atom stereocenters. The van der Waals surface area contributed by atoms with Crippen molar-refractivity contribution in [1.29, 1.82) is 0 Å². The van der Waals surface area contributed by atoms with Crippen LogP contribution in [0.3, 0.4) is 0 Å². The molecule has 88 valence electrons. The molecule has 0 amide bonds. The Morgan fingerprint density at radius 3 is 2.71 bits per heavy atom. The van der Waals surface area contributed by atoms with E-state index >= 15 is 0 Å². The third-order valence-electron chi connectivity index (χ3n) is 2.43. The topological polar surface area (TPSA) is 53.4 Å². The largest absolute Gasteiger partial charge is 0.508 e. The predicted octanol–water partition coefficient (Wildman–Crippen LogP) is 2.72. The summed E-state index contributed by atoms with van der Waals surface area (Å²) in [6.07, 6.45) is 1.21.